The van der Waals surface area contributed by atoms with E-state index in [-0.39, 0.29) is 41.7 Å². The first kappa shape index (κ1) is 28.2. The Kier molecular flexibility index (Phi) is 8.15. The van der Waals surface area contributed by atoms with Gasteiger partial charge < -0.3 is 5.32 Å². The molecule has 0 spiro atoms. The highest BCUT2D eigenvalue weighted by atomic mass is 35.5. The number of nitrogens with one attached hydrogen (secondary N) is 1. The highest BCUT2D eigenvalue weighted by Crippen LogP contribution is 2.49. The number of thiophene rings is 1. The van der Waals surface area contributed by atoms with Gasteiger partial charge in [0.25, 0.3) is 0 Å². The summed E-state index contributed by atoms with van der Waals surface area (Å²) in [5.41, 5.74) is 5.18. The summed E-state index contributed by atoms with van der Waals surface area (Å²) in [4.78, 5) is 29.6. The lowest BCUT2D eigenvalue weighted by Gasteiger charge is -2.23. The normalized spacial score (nSPS) is 14.9. The third-order valence-corrected chi connectivity index (χ3v) is 9.34. The molecule has 1 atom stereocenters. The third kappa shape index (κ3) is 5.86. The number of hydrogen-bond acceptors (Lipinski definition) is 5. The SMILES string of the molecule is Cc1ccc(-n2nc(-c3cccs3)c3c2N(CC(=O)NCc2ccc(F)cc2)C(=O)CSC3c2cccc(Cl)c2)cc1. The Bertz CT molecular complexity index is 1740. The van der Waals surface area contributed by atoms with E-state index >= 15 is 0 Å². The van der Waals surface area contributed by atoms with Crippen LogP contribution in [0.1, 0.15) is 27.5 Å². The zero-order valence-electron chi connectivity index (χ0n) is 22.6. The van der Waals surface area contributed by atoms with Gasteiger partial charge >= 0.3 is 0 Å². The van der Waals surface area contributed by atoms with Crippen molar-refractivity contribution in [3.05, 3.63) is 123 Å². The van der Waals surface area contributed by atoms with E-state index in [2.05, 4.69) is 5.32 Å². The van der Waals surface area contributed by atoms with Crippen LogP contribution in [0.5, 0.6) is 0 Å². The van der Waals surface area contributed by atoms with Gasteiger partial charge in [-0.3, -0.25) is 14.5 Å². The van der Waals surface area contributed by atoms with Crippen LogP contribution in [0.2, 0.25) is 5.02 Å². The van der Waals surface area contributed by atoms with Crippen molar-refractivity contribution in [2.45, 2.75) is 18.7 Å². The van der Waals surface area contributed by atoms with Gasteiger partial charge in [-0.1, -0.05) is 59.6 Å². The molecule has 0 fully saturated rings. The van der Waals surface area contributed by atoms with E-state index in [1.54, 1.807) is 28.2 Å². The minimum atomic E-state index is -0.342. The topological polar surface area (TPSA) is 67.2 Å². The van der Waals surface area contributed by atoms with Gasteiger partial charge in [0, 0.05) is 17.1 Å². The summed E-state index contributed by atoms with van der Waals surface area (Å²) in [5.74, 6) is -0.160. The van der Waals surface area contributed by atoms with Gasteiger partial charge in [0.2, 0.25) is 11.8 Å². The highest BCUT2D eigenvalue weighted by molar-refractivity contribution is 8.00. The number of fused-ring (bicyclic) bond motifs is 1. The van der Waals surface area contributed by atoms with E-state index in [4.69, 9.17) is 16.7 Å². The van der Waals surface area contributed by atoms with Crippen molar-refractivity contribution in [3.8, 4) is 16.3 Å². The highest BCUT2D eigenvalue weighted by Gasteiger charge is 2.38. The first-order chi connectivity index (χ1) is 20.4. The second-order valence-electron chi connectivity index (χ2n) is 9.94. The summed E-state index contributed by atoms with van der Waals surface area (Å²) in [6.45, 7) is 2.03. The van der Waals surface area contributed by atoms with E-state index in [0.717, 1.165) is 38.5 Å². The molecule has 10 heteroatoms. The maximum atomic E-state index is 13.8. The molecule has 3 aromatic carbocycles. The Morgan fingerprint density at radius 2 is 1.86 bits per heavy atom. The van der Waals surface area contributed by atoms with Crippen LogP contribution in [0.4, 0.5) is 10.2 Å². The number of benzene rings is 3. The Labute approximate surface area is 256 Å². The van der Waals surface area contributed by atoms with Crippen molar-refractivity contribution in [2.75, 3.05) is 17.2 Å². The summed E-state index contributed by atoms with van der Waals surface area (Å²) in [6.07, 6.45) is 0. The third-order valence-electron chi connectivity index (χ3n) is 6.98. The Morgan fingerprint density at radius 1 is 1.07 bits per heavy atom. The van der Waals surface area contributed by atoms with Gasteiger partial charge in [-0.25, -0.2) is 9.07 Å². The average molecular weight is 617 g/mol. The first-order valence-electron chi connectivity index (χ1n) is 13.3. The Balaban J connectivity index is 1.48. The molecular weight excluding hydrogens is 591 g/mol. The number of nitrogens with zero attached hydrogens (tertiary/aromatic N) is 3. The predicted molar refractivity (Wildman–Crippen MR) is 168 cm³/mol. The summed E-state index contributed by atoms with van der Waals surface area (Å²) >= 11 is 9.49. The lowest BCUT2D eigenvalue weighted by Crippen LogP contribution is -2.42. The number of hydrogen-bond donors (Lipinski definition) is 1. The van der Waals surface area contributed by atoms with Crippen molar-refractivity contribution < 1.29 is 14.0 Å². The number of carbonyl (C=O) groups excluding carboxylic acids is 2. The number of rotatable bonds is 7. The second-order valence-corrected chi connectivity index (χ2v) is 12.4. The fourth-order valence-corrected chi connectivity index (χ4v) is 7.03. The van der Waals surface area contributed by atoms with E-state index in [9.17, 15) is 14.0 Å². The summed E-state index contributed by atoms with van der Waals surface area (Å²) in [7, 11) is 0. The fourth-order valence-electron chi connectivity index (χ4n) is 4.92. The smallest absolute Gasteiger partial charge is 0.240 e. The first-order valence-corrected chi connectivity index (χ1v) is 15.6. The minimum absolute atomic E-state index is 0.162. The quantitative estimate of drug-likeness (QED) is 0.210. The number of amides is 2. The molecule has 6 nitrogen and oxygen atoms in total. The molecule has 2 amide bonds. The Hall–Kier alpha value is -3.92. The van der Waals surface area contributed by atoms with Gasteiger partial charge in [-0.15, -0.1) is 23.1 Å². The van der Waals surface area contributed by atoms with Crippen LogP contribution in [0.15, 0.2) is 90.3 Å². The number of aromatic nitrogens is 2. The number of carbonyl (C=O) groups is 2. The molecule has 3 heterocycles. The standard InChI is InChI=1S/C32H26ClFN4O2S2/c1-20-7-13-25(14-8-20)38-32-29(30(36-38)26-6-3-15-41-26)31(22-4-2-5-23(33)16-22)42-19-28(40)37(32)18-27(39)35-17-21-9-11-24(34)12-10-21/h2-16,31H,17-19H2,1H3,(H,35,39). The molecule has 1 aliphatic rings. The zero-order chi connectivity index (χ0) is 29.2. The van der Waals surface area contributed by atoms with Gasteiger partial charge in [0.15, 0.2) is 0 Å². The molecule has 2 aromatic heterocycles. The van der Waals surface area contributed by atoms with Crippen LogP contribution in [-0.4, -0.2) is 33.9 Å². The van der Waals surface area contributed by atoms with Crippen molar-refractivity contribution in [3.63, 3.8) is 0 Å². The number of anilines is 1. The molecule has 1 aliphatic heterocycles. The minimum Gasteiger partial charge on any atom is -0.350 e. The van der Waals surface area contributed by atoms with Gasteiger partial charge in [0.05, 0.1) is 21.6 Å². The molecule has 42 heavy (non-hydrogen) atoms. The average Bonchev–Trinajstić information content (AvgIpc) is 3.62. The lowest BCUT2D eigenvalue weighted by molar-refractivity contribution is -0.123. The monoisotopic (exact) mass is 616 g/mol. The maximum absolute atomic E-state index is 13.8. The summed E-state index contributed by atoms with van der Waals surface area (Å²) in [5, 5.41) is 10.3. The molecule has 6 rings (SSSR count). The molecule has 0 saturated heterocycles. The zero-order valence-corrected chi connectivity index (χ0v) is 25.0. The number of aryl methyl sites for hydroxylation is 1. The van der Waals surface area contributed by atoms with Crippen LogP contribution in [0.25, 0.3) is 16.3 Å². The van der Waals surface area contributed by atoms with E-state index < -0.39 is 0 Å². The second kappa shape index (κ2) is 12.1. The molecule has 0 bridgehead atoms. The van der Waals surface area contributed by atoms with E-state index in [0.29, 0.717) is 10.8 Å². The van der Waals surface area contributed by atoms with Gasteiger partial charge in [-0.05, 0) is 65.9 Å². The molecule has 0 aliphatic carbocycles. The van der Waals surface area contributed by atoms with Crippen LogP contribution in [0.3, 0.4) is 0 Å². The van der Waals surface area contributed by atoms with Crippen molar-refractivity contribution in [1.29, 1.82) is 0 Å². The summed E-state index contributed by atoms with van der Waals surface area (Å²) in [6, 6.07) is 25.5. The molecular formula is C32H26ClFN4O2S2. The predicted octanol–water partition coefficient (Wildman–Crippen LogP) is 7.19. The van der Waals surface area contributed by atoms with Gasteiger partial charge in [0.1, 0.15) is 23.9 Å². The Morgan fingerprint density at radius 3 is 2.57 bits per heavy atom. The molecule has 212 valence electrons. The van der Waals surface area contributed by atoms with Crippen LogP contribution < -0.4 is 10.2 Å². The maximum Gasteiger partial charge on any atom is 0.240 e. The van der Waals surface area contributed by atoms with Crippen molar-refractivity contribution >= 4 is 52.3 Å². The fraction of sp³-hybridized carbons (Fsp3) is 0.156. The van der Waals surface area contributed by atoms with Crippen molar-refractivity contribution in [2.24, 2.45) is 0 Å². The van der Waals surface area contributed by atoms with Gasteiger partial charge in [-0.2, -0.15) is 5.10 Å². The molecule has 1 unspecified atom stereocenters. The largest absolute Gasteiger partial charge is 0.350 e. The number of thioether (sulfide) groups is 1. The molecule has 0 radical (unpaired) electrons. The molecule has 1 N–H and O–H groups in total. The van der Waals surface area contributed by atoms with Crippen LogP contribution in [-0.2, 0) is 16.1 Å². The lowest BCUT2D eigenvalue weighted by atomic mass is 10.0. The molecule has 5 aromatic rings. The summed E-state index contributed by atoms with van der Waals surface area (Å²) < 4.78 is 15.1. The van der Waals surface area contributed by atoms with Crippen LogP contribution in [0, 0.1) is 12.7 Å². The van der Waals surface area contributed by atoms with E-state index in [1.165, 1.54) is 28.8 Å². The molecule has 0 saturated carbocycles. The van der Waals surface area contributed by atoms with Crippen molar-refractivity contribution in [1.82, 2.24) is 15.1 Å². The van der Waals surface area contributed by atoms with E-state index in [1.807, 2.05) is 73.0 Å². The van der Waals surface area contributed by atoms with Crippen LogP contribution >= 0.6 is 34.7 Å². The number of halogens is 2.